The number of nitrogens with one attached hydrogen (secondary N) is 1. The first-order valence-corrected chi connectivity index (χ1v) is 17.2. The fourth-order valence-electron chi connectivity index (χ4n) is 5.37. The highest BCUT2D eigenvalue weighted by Gasteiger charge is 2.22. The molecule has 5 aromatic rings. The molecule has 0 atom stereocenters. The van der Waals surface area contributed by atoms with E-state index < -0.39 is 18.0 Å². The van der Waals surface area contributed by atoms with Crippen LogP contribution in [0.3, 0.4) is 0 Å². The van der Waals surface area contributed by atoms with Gasteiger partial charge in [0, 0.05) is 54.3 Å². The minimum Gasteiger partial charge on any atom is -0.496 e. The lowest BCUT2D eigenvalue weighted by molar-refractivity contribution is -0.135. The zero-order valence-corrected chi connectivity index (χ0v) is 31.0. The molecular weight excluding hydrogens is 706 g/mol. The number of hydrogen-bond donors (Lipinski definition) is 2. The number of aromatic nitrogens is 3. The molecule has 0 spiro atoms. The lowest BCUT2D eigenvalue weighted by Gasteiger charge is -2.21. The van der Waals surface area contributed by atoms with Gasteiger partial charge in [-0.15, -0.1) is 0 Å². The number of amidine groups is 1. The van der Waals surface area contributed by atoms with Crippen LogP contribution in [-0.4, -0.2) is 71.2 Å². The molecule has 15 nitrogen and oxygen atoms in total. The molecule has 55 heavy (non-hydrogen) atoms. The van der Waals surface area contributed by atoms with Crippen LogP contribution in [0.5, 0.6) is 11.5 Å². The van der Waals surface area contributed by atoms with Crippen molar-refractivity contribution in [3.05, 3.63) is 114 Å². The Balaban J connectivity index is 1.26. The van der Waals surface area contributed by atoms with Gasteiger partial charge in [0.05, 0.1) is 44.3 Å². The zero-order valence-electron chi connectivity index (χ0n) is 31.0. The van der Waals surface area contributed by atoms with Crippen molar-refractivity contribution in [2.24, 2.45) is 17.8 Å². The number of carbonyl (C=O) groups is 4. The Hall–Kier alpha value is -7.03. The summed E-state index contributed by atoms with van der Waals surface area (Å²) in [5.74, 6) is 0.272. The number of fused-ring (bicyclic) bond motifs is 1. The molecule has 0 aliphatic carbocycles. The minimum atomic E-state index is -0.750. The first kappa shape index (κ1) is 39.2. The molecule has 0 saturated heterocycles. The molecular formula is C40H41N7O8. The number of rotatable bonds is 14. The number of nitrogens with zero attached hydrogens (tertiary/aromatic N) is 5. The van der Waals surface area contributed by atoms with Crippen molar-refractivity contribution in [1.82, 2.24) is 14.5 Å². The van der Waals surface area contributed by atoms with Gasteiger partial charge in [-0.25, -0.2) is 19.6 Å². The van der Waals surface area contributed by atoms with Gasteiger partial charge in [-0.3, -0.25) is 14.5 Å². The highest BCUT2D eigenvalue weighted by molar-refractivity contribution is 6.07. The Morgan fingerprint density at radius 2 is 1.75 bits per heavy atom. The quantitative estimate of drug-likeness (QED) is 0.0466. The van der Waals surface area contributed by atoms with E-state index in [-0.39, 0.29) is 36.6 Å². The van der Waals surface area contributed by atoms with Crippen LogP contribution in [0.1, 0.15) is 47.6 Å². The summed E-state index contributed by atoms with van der Waals surface area (Å²) in [5.41, 5.74) is 9.70. The topological polar surface area (TPSA) is 190 Å². The van der Waals surface area contributed by atoms with Crippen molar-refractivity contribution in [2.45, 2.75) is 32.9 Å². The molecule has 5 rings (SSSR count). The number of carbonyl (C=O) groups excluding carboxylic acids is 4. The summed E-state index contributed by atoms with van der Waals surface area (Å²) in [6.07, 6.45) is 3.16. The number of ether oxygens (including phenoxy) is 4. The zero-order chi connectivity index (χ0) is 39.5. The summed E-state index contributed by atoms with van der Waals surface area (Å²) in [5, 5.41) is 3.33. The highest BCUT2D eigenvalue weighted by atomic mass is 16.6. The lowest BCUT2D eigenvalue weighted by atomic mass is 10.1. The standard InChI is InChI=1S/C40H41N7O8/c1-25(2)54-40(51)45-38(41)27-9-14-29(15-10-27)43-24-35-44-31-22-28(12-17-32(31)46(35)3)39(50)47(34-8-6-7-20-42-34)21-19-37(49)55-30-16-11-26(33(23-30)52-4)13-18-36(48)53-5/h6-18,20,22-23,25,43H,19,21,24H2,1-5H3,(H2,41,45,51)/b18-13+. The van der Waals surface area contributed by atoms with Gasteiger partial charge in [-0.2, -0.15) is 4.99 Å². The molecule has 284 valence electrons. The van der Waals surface area contributed by atoms with Crippen molar-refractivity contribution in [1.29, 1.82) is 0 Å². The van der Waals surface area contributed by atoms with Crippen molar-refractivity contribution in [3.8, 4) is 11.5 Å². The Morgan fingerprint density at radius 3 is 2.44 bits per heavy atom. The molecule has 3 aromatic carbocycles. The van der Waals surface area contributed by atoms with E-state index in [0.29, 0.717) is 40.3 Å². The highest BCUT2D eigenvalue weighted by Crippen LogP contribution is 2.27. The average Bonchev–Trinajstić information content (AvgIpc) is 3.50. The summed E-state index contributed by atoms with van der Waals surface area (Å²) in [7, 11) is 4.62. The number of imidazole rings is 1. The van der Waals surface area contributed by atoms with E-state index in [1.54, 1.807) is 74.6 Å². The van der Waals surface area contributed by atoms with E-state index in [1.807, 2.05) is 29.8 Å². The number of hydrogen-bond acceptors (Lipinski definition) is 11. The SMILES string of the molecule is COC(=O)/C=C/c1ccc(OC(=O)CCN(C(=O)c2ccc3c(c2)nc(CNc2ccc(/C(N)=N/C(=O)OC(C)C)cc2)n3C)c2ccccn2)cc1OC. The lowest BCUT2D eigenvalue weighted by Crippen LogP contribution is -2.34. The second-order valence-corrected chi connectivity index (χ2v) is 12.3. The fraction of sp³-hybridized carbons (Fsp3) is 0.225. The molecule has 0 unspecified atom stereocenters. The molecule has 0 aliphatic rings. The monoisotopic (exact) mass is 747 g/mol. The van der Waals surface area contributed by atoms with Gasteiger partial charge in [0.15, 0.2) is 0 Å². The number of aliphatic imine (C=N–C) groups is 1. The second kappa shape index (κ2) is 18.1. The third kappa shape index (κ3) is 10.3. The molecule has 15 heteroatoms. The summed E-state index contributed by atoms with van der Waals surface area (Å²) in [6, 6.07) is 22.3. The first-order valence-electron chi connectivity index (χ1n) is 17.2. The Bertz CT molecular complexity index is 2230. The van der Waals surface area contributed by atoms with Gasteiger partial charge in [-0.1, -0.05) is 6.07 Å². The van der Waals surface area contributed by atoms with Gasteiger partial charge >= 0.3 is 18.0 Å². The maximum Gasteiger partial charge on any atom is 0.435 e. The first-order chi connectivity index (χ1) is 26.4. The molecule has 0 radical (unpaired) electrons. The van der Waals surface area contributed by atoms with Gasteiger partial charge in [-0.05, 0) is 86.7 Å². The van der Waals surface area contributed by atoms with Gasteiger partial charge in [0.2, 0.25) is 0 Å². The van der Waals surface area contributed by atoms with E-state index in [0.717, 1.165) is 17.0 Å². The van der Waals surface area contributed by atoms with Crippen LogP contribution >= 0.6 is 0 Å². The van der Waals surface area contributed by atoms with Crippen molar-refractivity contribution < 1.29 is 38.1 Å². The Labute approximate surface area is 317 Å². The van der Waals surface area contributed by atoms with Crippen LogP contribution in [0.2, 0.25) is 0 Å². The Morgan fingerprint density at radius 1 is 0.982 bits per heavy atom. The summed E-state index contributed by atoms with van der Waals surface area (Å²) in [6.45, 7) is 3.82. The largest absolute Gasteiger partial charge is 0.496 e. The van der Waals surface area contributed by atoms with Gasteiger partial charge < -0.3 is 34.6 Å². The fourth-order valence-corrected chi connectivity index (χ4v) is 5.37. The second-order valence-electron chi connectivity index (χ2n) is 12.3. The third-order valence-corrected chi connectivity index (χ3v) is 8.15. The van der Waals surface area contributed by atoms with E-state index in [1.165, 1.54) is 37.3 Å². The summed E-state index contributed by atoms with van der Waals surface area (Å²) < 4.78 is 22.5. The molecule has 2 amide bonds. The molecule has 2 heterocycles. The van der Waals surface area contributed by atoms with Crippen LogP contribution in [-0.2, 0) is 32.7 Å². The number of nitrogens with two attached hydrogens (primary N) is 1. The predicted octanol–water partition coefficient (Wildman–Crippen LogP) is 5.67. The smallest absolute Gasteiger partial charge is 0.435 e. The molecule has 0 fully saturated rings. The van der Waals surface area contributed by atoms with Crippen LogP contribution in [0.25, 0.3) is 17.1 Å². The van der Waals surface area contributed by atoms with Crippen molar-refractivity contribution >= 4 is 58.4 Å². The number of anilines is 2. The predicted molar refractivity (Wildman–Crippen MR) is 207 cm³/mol. The van der Waals surface area contributed by atoms with Gasteiger partial charge in [0.25, 0.3) is 5.91 Å². The number of benzene rings is 3. The maximum atomic E-state index is 14.0. The number of methoxy groups -OCH3 is 2. The van der Waals surface area contributed by atoms with Crippen LogP contribution < -0.4 is 25.4 Å². The van der Waals surface area contributed by atoms with Crippen LogP contribution in [0.15, 0.2) is 96.1 Å². The maximum absolute atomic E-state index is 14.0. The van der Waals surface area contributed by atoms with Crippen molar-refractivity contribution in [2.75, 3.05) is 31.0 Å². The Kier molecular flexibility index (Phi) is 12.9. The summed E-state index contributed by atoms with van der Waals surface area (Å²) in [4.78, 5) is 64.6. The molecule has 0 saturated carbocycles. The van der Waals surface area contributed by atoms with E-state index in [2.05, 4.69) is 20.0 Å². The minimum absolute atomic E-state index is 0.0144. The number of esters is 2. The molecule has 0 bridgehead atoms. The number of amides is 2. The number of aryl methyl sites for hydroxylation is 1. The van der Waals surface area contributed by atoms with E-state index in [4.69, 9.17) is 24.9 Å². The van der Waals surface area contributed by atoms with Gasteiger partial charge in [0.1, 0.15) is 29.0 Å². The summed E-state index contributed by atoms with van der Waals surface area (Å²) >= 11 is 0. The third-order valence-electron chi connectivity index (χ3n) is 8.15. The van der Waals surface area contributed by atoms with Crippen LogP contribution in [0.4, 0.5) is 16.3 Å². The van der Waals surface area contributed by atoms with E-state index in [9.17, 15) is 19.2 Å². The van der Waals surface area contributed by atoms with Crippen LogP contribution in [0, 0.1) is 0 Å². The van der Waals surface area contributed by atoms with Crippen molar-refractivity contribution in [3.63, 3.8) is 0 Å². The molecule has 3 N–H and O–H groups in total. The van der Waals surface area contributed by atoms with E-state index >= 15 is 0 Å². The average molecular weight is 748 g/mol. The molecule has 2 aromatic heterocycles. The number of pyridine rings is 1. The molecule has 0 aliphatic heterocycles. The normalized spacial score (nSPS) is 11.4.